The fourth-order valence-corrected chi connectivity index (χ4v) is 3.39. The zero-order chi connectivity index (χ0) is 18.7. The molecule has 26 heavy (non-hydrogen) atoms. The third-order valence-corrected chi connectivity index (χ3v) is 5.37. The van der Waals surface area contributed by atoms with Crippen molar-refractivity contribution in [3.05, 3.63) is 47.0 Å². The Kier molecular flexibility index (Phi) is 5.24. The third kappa shape index (κ3) is 4.20. The van der Waals surface area contributed by atoms with E-state index in [1.165, 1.54) is 18.2 Å². The highest BCUT2D eigenvalue weighted by Gasteiger charge is 2.21. The lowest BCUT2D eigenvalue weighted by atomic mass is 10.2. The van der Waals surface area contributed by atoms with Crippen LogP contribution < -0.4 is 18.9 Å². The van der Waals surface area contributed by atoms with Crippen molar-refractivity contribution >= 4 is 27.5 Å². The summed E-state index contributed by atoms with van der Waals surface area (Å²) >= 11 is 5.92. The van der Waals surface area contributed by atoms with Gasteiger partial charge in [0.05, 0.1) is 4.90 Å². The Bertz CT molecular complexity index is 944. The topological polar surface area (TPSA) is 90.9 Å². The van der Waals surface area contributed by atoms with E-state index in [0.29, 0.717) is 35.5 Å². The number of rotatable bonds is 5. The van der Waals surface area contributed by atoms with Crippen LogP contribution in [-0.2, 0) is 14.8 Å². The maximum atomic E-state index is 12.3. The molecule has 1 amide bonds. The minimum absolute atomic E-state index is 0.0996. The van der Waals surface area contributed by atoms with Gasteiger partial charge in [-0.05, 0) is 42.8 Å². The second-order valence-electron chi connectivity index (χ2n) is 5.53. The Morgan fingerprint density at radius 3 is 2.62 bits per heavy atom. The Hall–Kier alpha value is -2.45. The van der Waals surface area contributed by atoms with E-state index in [4.69, 9.17) is 25.8 Å². The van der Waals surface area contributed by atoms with Crippen molar-refractivity contribution in [2.24, 2.45) is 0 Å². The average Bonchev–Trinajstić information content (AvgIpc) is 2.62. The highest BCUT2D eigenvalue weighted by atomic mass is 35.5. The van der Waals surface area contributed by atoms with Crippen LogP contribution in [0.25, 0.3) is 0 Å². The zero-order valence-corrected chi connectivity index (χ0v) is 15.4. The van der Waals surface area contributed by atoms with Crippen molar-refractivity contribution in [1.29, 1.82) is 0 Å². The van der Waals surface area contributed by atoms with Gasteiger partial charge in [0.15, 0.2) is 18.1 Å². The molecule has 3 rings (SSSR count). The van der Waals surface area contributed by atoms with Gasteiger partial charge in [-0.1, -0.05) is 11.6 Å². The maximum absolute atomic E-state index is 12.3. The van der Waals surface area contributed by atoms with Crippen LogP contribution in [0.4, 0.5) is 0 Å². The minimum Gasteiger partial charge on any atom is -0.486 e. The summed E-state index contributed by atoms with van der Waals surface area (Å²) in [6, 6.07) is 9.03. The molecule has 7 nitrogen and oxygen atoms in total. The molecule has 0 atom stereocenters. The number of fused-ring (bicyclic) bond motifs is 1. The first kappa shape index (κ1) is 18.3. The molecule has 2 aromatic rings. The number of ether oxygens (including phenoxy) is 3. The van der Waals surface area contributed by atoms with Crippen LogP contribution in [-0.4, -0.2) is 34.1 Å². The van der Waals surface area contributed by atoms with Gasteiger partial charge in [0.2, 0.25) is 0 Å². The molecule has 0 aliphatic carbocycles. The van der Waals surface area contributed by atoms with Crippen molar-refractivity contribution < 1.29 is 27.4 Å². The number of halogens is 1. The number of benzene rings is 2. The van der Waals surface area contributed by atoms with E-state index < -0.39 is 22.5 Å². The molecular weight excluding hydrogens is 382 g/mol. The molecule has 0 bridgehead atoms. The molecule has 0 aromatic heterocycles. The highest BCUT2D eigenvalue weighted by Crippen LogP contribution is 2.32. The SMILES string of the molecule is Cc1cc(OCC(=O)NS(=O)(=O)c2ccc3c(c2)OCCO3)ccc1Cl. The average molecular weight is 398 g/mol. The summed E-state index contributed by atoms with van der Waals surface area (Å²) in [5.41, 5.74) is 0.786. The quantitative estimate of drug-likeness (QED) is 0.832. The van der Waals surface area contributed by atoms with Crippen LogP contribution in [0.3, 0.4) is 0 Å². The van der Waals surface area contributed by atoms with E-state index in [9.17, 15) is 13.2 Å². The first-order valence-corrected chi connectivity index (χ1v) is 9.55. The molecule has 0 spiro atoms. The number of carbonyl (C=O) groups excluding carboxylic acids is 1. The van der Waals surface area contributed by atoms with Crippen LogP contribution in [0.2, 0.25) is 5.02 Å². The number of aryl methyl sites for hydroxylation is 1. The lowest BCUT2D eigenvalue weighted by Gasteiger charge is -2.18. The number of amides is 1. The number of nitrogens with one attached hydrogen (secondary N) is 1. The summed E-state index contributed by atoms with van der Waals surface area (Å²) in [5, 5.41) is 0.572. The fourth-order valence-electron chi connectivity index (χ4n) is 2.28. The Balaban J connectivity index is 1.65. The van der Waals surface area contributed by atoms with Crippen LogP contribution in [0, 0.1) is 6.92 Å². The second-order valence-corrected chi connectivity index (χ2v) is 7.62. The third-order valence-electron chi connectivity index (χ3n) is 3.57. The van der Waals surface area contributed by atoms with E-state index in [1.807, 2.05) is 4.72 Å². The molecule has 1 N–H and O–H groups in total. The molecule has 0 fully saturated rings. The van der Waals surface area contributed by atoms with Crippen LogP contribution in [0.15, 0.2) is 41.3 Å². The number of hydrogen-bond acceptors (Lipinski definition) is 6. The molecule has 2 aromatic carbocycles. The summed E-state index contributed by atoms with van der Waals surface area (Å²) in [4.78, 5) is 11.8. The van der Waals surface area contributed by atoms with Gasteiger partial charge in [0.25, 0.3) is 15.9 Å². The Labute approximate surface area is 155 Å². The lowest BCUT2D eigenvalue weighted by molar-refractivity contribution is -0.121. The Morgan fingerprint density at radius 2 is 1.88 bits per heavy atom. The lowest BCUT2D eigenvalue weighted by Crippen LogP contribution is -2.34. The zero-order valence-electron chi connectivity index (χ0n) is 13.8. The maximum Gasteiger partial charge on any atom is 0.271 e. The summed E-state index contributed by atoms with van der Waals surface area (Å²) < 4.78 is 42.6. The van der Waals surface area contributed by atoms with E-state index in [0.717, 1.165) is 5.56 Å². The van der Waals surface area contributed by atoms with Crippen LogP contribution in [0.5, 0.6) is 17.2 Å². The van der Waals surface area contributed by atoms with E-state index in [1.54, 1.807) is 25.1 Å². The van der Waals surface area contributed by atoms with Gasteiger partial charge in [-0.2, -0.15) is 0 Å². The summed E-state index contributed by atoms with van der Waals surface area (Å²) in [7, 11) is -4.05. The van der Waals surface area contributed by atoms with Crippen molar-refractivity contribution in [2.75, 3.05) is 19.8 Å². The van der Waals surface area contributed by atoms with Gasteiger partial charge >= 0.3 is 0 Å². The van der Waals surface area contributed by atoms with E-state index >= 15 is 0 Å². The van der Waals surface area contributed by atoms with E-state index in [2.05, 4.69) is 0 Å². The fraction of sp³-hybridized carbons (Fsp3) is 0.235. The van der Waals surface area contributed by atoms with Gasteiger partial charge in [-0.15, -0.1) is 0 Å². The minimum atomic E-state index is -4.05. The van der Waals surface area contributed by atoms with Gasteiger partial charge in [-0.25, -0.2) is 13.1 Å². The van der Waals surface area contributed by atoms with Gasteiger partial charge in [0.1, 0.15) is 19.0 Å². The summed E-state index contributed by atoms with van der Waals surface area (Å²) in [5.74, 6) is 0.397. The molecule has 0 unspecified atom stereocenters. The number of hydrogen-bond donors (Lipinski definition) is 1. The molecule has 1 aliphatic heterocycles. The molecule has 0 saturated heterocycles. The second kappa shape index (κ2) is 7.43. The van der Waals surface area contributed by atoms with Crippen molar-refractivity contribution in [3.8, 4) is 17.2 Å². The van der Waals surface area contributed by atoms with Crippen molar-refractivity contribution in [3.63, 3.8) is 0 Å². The van der Waals surface area contributed by atoms with Gasteiger partial charge in [-0.3, -0.25) is 4.79 Å². The van der Waals surface area contributed by atoms with Crippen LogP contribution >= 0.6 is 11.6 Å². The Morgan fingerprint density at radius 1 is 1.15 bits per heavy atom. The summed E-state index contributed by atoms with van der Waals surface area (Å²) in [6.07, 6.45) is 0. The molecule has 1 aliphatic rings. The monoisotopic (exact) mass is 397 g/mol. The van der Waals surface area contributed by atoms with E-state index in [-0.39, 0.29) is 4.90 Å². The highest BCUT2D eigenvalue weighted by molar-refractivity contribution is 7.90. The predicted molar refractivity (Wildman–Crippen MR) is 94.4 cm³/mol. The normalized spacial score (nSPS) is 13.2. The van der Waals surface area contributed by atoms with Crippen LogP contribution in [0.1, 0.15) is 5.56 Å². The molecule has 9 heteroatoms. The first-order chi connectivity index (χ1) is 12.3. The molecule has 1 heterocycles. The molecule has 0 saturated carbocycles. The largest absolute Gasteiger partial charge is 0.486 e. The van der Waals surface area contributed by atoms with Crippen molar-refractivity contribution in [2.45, 2.75) is 11.8 Å². The molecule has 138 valence electrons. The molecule has 0 radical (unpaired) electrons. The smallest absolute Gasteiger partial charge is 0.271 e. The molecular formula is C17H16ClNO6S. The summed E-state index contributed by atoms with van der Waals surface area (Å²) in [6.45, 7) is 2.07. The first-order valence-electron chi connectivity index (χ1n) is 7.69. The van der Waals surface area contributed by atoms with Gasteiger partial charge < -0.3 is 14.2 Å². The number of carbonyl (C=O) groups is 1. The van der Waals surface area contributed by atoms with Crippen molar-refractivity contribution in [1.82, 2.24) is 4.72 Å². The predicted octanol–water partition coefficient (Wildman–Crippen LogP) is 2.30. The standard InChI is InChI=1S/C17H16ClNO6S/c1-11-8-12(2-4-14(11)18)25-10-17(20)19-26(21,22)13-3-5-15-16(9-13)24-7-6-23-15/h2-5,8-9H,6-7,10H2,1H3,(H,19,20). The van der Waals surface area contributed by atoms with Gasteiger partial charge in [0, 0.05) is 11.1 Å². The number of sulfonamides is 1.